The van der Waals surface area contributed by atoms with Gasteiger partial charge >= 0.3 is 0 Å². The highest BCUT2D eigenvalue weighted by atomic mass is 16.5. The normalized spacial score (nSPS) is 15.2. The molecular weight excluding hydrogens is 308 g/mol. The topological polar surface area (TPSA) is 76.7 Å². The first-order valence-corrected chi connectivity index (χ1v) is 8.51. The van der Waals surface area contributed by atoms with Crippen LogP contribution in [-0.4, -0.2) is 38.1 Å². The Morgan fingerprint density at radius 3 is 2.38 bits per heavy atom. The van der Waals surface area contributed by atoms with Crippen LogP contribution in [-0.2, 0) is 9.59 Å². The number of para-hydroxylation sites is 2. The third-order valence-corrected chi connectivity index (χ3v) is 4.09. The van der Waals surface area contributed by atoms with Crippen molar-refractivity contribution in [3.8, 4) is 11.5 Å². The third-order valence-electron chi connectivity index (χ3n) is 4.09. The molecule has 0 bridgehead atoms. The first kappa shape index (κ1) is 18.1. The number of nitrogens with one attached hydrogen (secondary N) is 2. The molecule has 6 nitrogen and oxygen atoms in total. The molecule has 0 atom stereocenters. The lowest BCUT2D eigenvalue weighted by Crippen LogP contribution is -2.42. The maximum atomic E-state index is 11.9. The highest BCUT2D eigenvalue weighted by Crippen LogP contribution is 2.25. The van der Waals surface area contributed by atoms with Crippen LogP contribution in [0.3, 0.4) is 0 Å². The summed E-state index contributed by atoms with van der Waals surface area (Å²) >= 11 is 0. The largest absolute Gasteiger partial charge is 0.493 e. The maximum absolute atomic E-state index is 11.9. The standard InChI is InChI=1S/C18H26N2O4/c1-23-15-10-6-7-11-16(15)24-13-18(22)19-12-17(21)20-14-8-4-2-3-5-9-14/h6-7,10-11,14H,2-5,8-9,12-13H2,1H3,(H,19,22)(H,20,21). The fourth-order valence-corrected chi connectivity index (χ4v) is 2.81. The fraction of sp³-hybridized carbons (Fsp3) is 0.556. The van der Waals surface area contributed by atoms with Gasteiger partial charge in [0.25, 0.3) is 5.91 Å². The molecule has 2 amide bonds. The highest BCUT2D eigenvalue weighted by Gasteiger charge is 2.15. The van der Waals surface area contributed by atoms with Gasteiger partial charge in [-0.2, -0.15) is 0 Å². The number of amides is 2. The smallest absolute Gasteiger partial charge is 0.258 e. The SMILES string of the molecule is COc1ccccc1OCC(=O)NCC(=O)NC1CCCCCC1. The van der Waals surface area contributed by atoms with Crippen molar-refractivity contribution in [2.45, 2.75) is 44.6 Å². The van der Waals surface area contributed by atoms with Gasteiger partial charge in [-0.1, -0.05) is 37.8 Å². The Kier molecular flexibility index (Phi) is 7.39. The van der Waals surface area contributed by atoms with E-state index in [9.17, 15) is 9.59 Å². The van der Waals surface area contributed by atoms with Gasteiger partial charge in [-0.25, -0.2) is 0 Å². The summed E-state index contributed by atoms with van der Waals surface area (Å²) in [5, 5.41) is 5.57. The Bertz CT molecular complexity index is 540. The number of rotatable bonds is 7. The molecule has 132 valence electrons. The number of benzene rings is 1. The zero-order valence-corrected chi connectivity index (χ0v) is 14.2. The van der Waals surface area contributed by atoms with Crippen molar-refractivity contribution in [1.82, 2.24) is 10.6 Å². The second kappa shape index (κ2) is 9.80. The summed E-state index contributed by atoms with van der Waals surface area (Å²) in [7, 11) is 1.54. The van der Waals surface area contributed by atoms with Crippen LogP contribution in [0.15, 0.2) is 24.3 Å². The summed E-state index contributed by atoms with van der Waals surface area (Å²) in [6, 6.07) is 7.35. The molecule has 0 heterocycles. The summed E-state index contributed by atoms with van der Waals surface area (Å²) in [5.41, 5.74) is 0. The minimum Gasteiger partial charge on any atom is -0.493 e. The Morgan fingerprint density at radius 1 is 1.04 bits per heavy atom. The van der Waals surface area contributed by atoms with Gasteiger partial charge in [-0.15, -0.1) is 0 Å². The summed E-state index contributed by atoms with van der Waals surface area (Å²) in [6.45, 7) is -0.179. The maximum Gasteiger partial charge on any atom is 0.258 e. The van der Waals surface area contributed by atoms with Crippen LogP contribution in [0.2, 0.25) is 0 Å². The van der Waals surface area contributed by atoms with Gasteiger partial charge in [0, 0.05) is 6.04 Å². The summed E-state index contributed by atoms with van der Waals surface area (Å²) in [4.78, 5) is 23.7. The van der Waals surface area contributed by atoms with Gasteiger partial charge in [-0.05, 0) is 25.0 Å². The van der Waals surface area contributed by atoms with E-state index >= 15 is 0 Å². The zero-order valence-electron chi connectivity index (χ0n) is 14.2. The van der Waals surface area contributed by atoms with Crippen molar-refractivity contribution in [2.24, 2.45) is 0 Å². The first-order chi connectivity index (χ1) is 11.7. The number of methoxy groups -OCH3 is 1. The zero-order chi connectivity index (χ0) is 17.2. The number of hydrogen-bond donors (Lipinski definition) is 2. The lowest BCUT2D eigenvalue weighted by Gasteiger charge is -2.16. The quantitative estimate of drug-likeness (QED) is 0.748. The van der Waals surface area contributed by atoms with Crippen LogP contribution in [0.1, 0.15) is 38.5 Å². The number of carbonyl (C=O) groups is 2. The molecule has 1 aliphatic rings. The van der Waals surface area contributed by atoms with Gasteiger partial charge in [0.05, 0.1) is 13.7 Å². The minimum absolute atomic E-state index is 0.0232. The third kappa shape index (κ3) is 6.10. The van der Waals surface area contributed by atoms with Crippen LogP contribution in [0.4, 0.5) is 0 Å². The fourth-order valence-electron chi connectivity index (χ4n) is 2.81. The van der Waals surface area contributed by atoms with Gasteiger partial charge in [0.1, 0.15) is 0 Å². The Morgan fingerprint density at radius 2 is 1.71 bits per heavy atom. The number of ether oxygens (including phenoxy) is 2. The van der Waals surface area contributed by atoms with Gasteiger partial charge < -0.3 is 20.1 Å². The molecule has 1 aliphatic carbocycles. The molecule has 1 aromatic rings. The predicted octanol–water partition coefficient (Wildman–Crippen LogP) is 2.03. The molecule has 0 aromatic heterocycles. The van der Waals surface area contributed by atoms with E-state index in [-0.39, 0.29) is 31.0 Å². The van der Waals surface area contributed by atoms with Gasteiger partial charge in [-0.3, -0.25) is 9.59 Å². The van der Waals surface area contributed by atoms with Crippen molar-refractivity contribution in [3.05, 3.63) is 24.3 Å². The number of hydrogen-bond acceptors (Lipinski definition) is 4. The average molecular weight is 334 g/mol. The molecule has 1 saturated carbocycles. The molecule has 0 saturated heterocycles. The molecule has 24 heavy (non-hydrogen) atoms. The monoisotopic (exact) mass is 334 g/mol. The van der Waals surface area contributed by atoms with Crippen LogP contribution < -0.4 is 20.1 Å². The molecule has 0 radical (unpaired) electrons. The molecular formula is C18H26N2O4. The Balaban J connectivity index is 1.67. The second-order valence-electron chi connectivity index (χ2n) is 5.97. The highest BCUT2D eigenvalue weighted by molar-refractivity contribution is 5.85. The van der Waals surface area contributed by atoms with E-state index in [0.717, 1.165) is 25.7 Å². The molecule has 1 aromatic carbocycles. The Labute approximate surface area is 142 Å². The Hall–Kier alpha value is -2.24. The predicted molar refractivity (Wildman–Crippen MR) is 91.1 cm³/mol. The van der Waals surface area contributed by atoms with E-state index in [0.29, 0.717) is 11.5 Å². The lowest BCUT2D eigenvalue weighted by molar-refractivity contribution is -0.127. The molecule has 0 aliphatic heterocycles. The average Bonchev–Trinajstić information content (AvgIpc) is 2.87. The summed E-state index contributed by atoms with van der Waals surface area (Å²) in [5.74, 6) is 0.582. The van der Waals surface area contributed by atoms with Crippen LogP contribution in [0.25, 0.3) is 0 Å². The number of carbonyl (C=O) groups excluding carboxylic acids is 2. The molecule has 2 rings (SSSR count). The van der Waals surface area contributed by atoms with E-state index in [1.807, 2.05) is 6.07 Å². The minimum atomic E-state index is -0.336. The lowest BCUT2D eigenvalue weighted by atomic mass is 10.1. The molecule has 0 unspecified atom stereocenters. The second-order valence-corrected chi connectivity index (χ2v) is 5.97. The van der Waals surface area contributed by atoms with E-state index in [1.165, 1.54) is 12.8 Å². The molecule has 6 heteroatoms. The van der Waals surface area contributed by atoms with Crippen molar-refractivity contribution >= 4 is 11.8 Å². The molecule has 1 fully saturated rings. The van der Waals surface area contributed by atoms with Crippen molar-refractivity contribution in [1.29, 1.82) is 0 Å². The van der Waals surface area contributed by atoms with Crippen molar-refractivity contribution in [2.75, 3.05) is 20.3 Å². The van der Waals surface area contributed by atoms with E-state index in [2.05, 4.69) is 10.6 Å². The van der Waals surface area contributed by atoms with Crippen LogP contribution in [0.5, 0.6) is 11.5 Å². The van der Waals surface area contributed by atoms with Crippen LogP contribution in [0, 0.1) is 0 Å². The van der Waals surface area contributed by atoms with Crippen LogP contribution >= 0.6 is 0 Å². The molecule has 2 N–H and O–H groups in total. The van der Waals surface area contributed by atoms with Gasteiger partial charge in [0.15, 0.2) is 18.1 Å². The van der Waals surface area contributed by atoms with Gasteiger partial charge in [0.2, 0.25) is 5.91 Å². The van der Waals surface area contributed by atoms with E-state index in [1.54, 1.807) is 25.3 Å². The van der Waals surface area contributed by atoms with Crippen molar-refractivity contribution in [3.63, 3.8) is 0 Å². The van der Waals surface area contributed by atoms with E-state index in [4.69, 9.17) is 9.47 Å². The van der Waals surface area contributed by atoms with Crippen molar-refractivity contribution < 1.29 is 19.1 Å². The first-order valence-electron chi connectivity index (χ1n) is 8.51. The van der Waals surface area contributed by atoms with E-state index < -0.39 is 0 Å². The molecule has 0 spiro atoms. The summed E-state index contributed by atoms with van der Waals surface area (Å²) in [6.07, 6.45) is 6.84. The summed E-state index contributed by atoms with van der Waals surface area (Å²) < 4.78 is 10.6.